The zero-order chi connectivity index (χ0) is 15.9. The van der Waals surface area contributed by atoms with Gasteiger partial charge in [-0.25, -0.2) is 4.98 Å². The van der Waals surface area contributed by atoms with Crippen molar-refractivity contribution < 1.29 is 9.59 Å². The Hall–Kier alpha value is -1.14. The van der Waals surface area contributed by atoms with E-state index in [4.69, 9.17) is 11.6 Å². The molecule has 1 aromatic rings. The van der Waals surface area contributed by atoms with Crippen molar-refractivity contribution in [1.82, 2.24) is 14.8 Å². The van der Waals surface area contributed by atoms with Crippen LogP contribution in [0.15, 0.2) is 6.20 Å². The lowest BCUT2D eigenvalue weighted by Crippen LogP contribution is -2.46. The number of rotatable bonds is 2. The standard InChI is InChI=1S/C15H20ClN3O2S/c1-15(14-17-8-11(16)22-14)3-5-19(6-4-15)13(21)10-7-12(20)18(2)9-10/h8,10H,3-7,9H2,1-2H3/t10-/m1/s1. The summed E-state index contributed by atoms with van der Waals surface area (Å²) in [5.74, 6) is 0.0192. The number of thiazole rings is 1. The maximum absolute atomic E-state index is 12.6. The van der Waals surface area contributed by atoms with E-state index in [1.165, 1.54) is 11.3 Å². The quantitative estimate of drug-likeness (QED) is 0.828. The Labute approximate surface area is 139 Å². The summed E-state index contributed by atoms with van der Waals surface area (Å²) < 4.78 is 0.710. The SMILES string of the molecule is CN1C[C@H](C(=O)N2CCC(C)(c3ncc(Cl)s3)CC2)CC1=O. The lowest BCUT2D eigenvalue weighted by atomic mass is 9.80. The molecule has 0 aromatic carbocycles. The van der Waals surface area contributed by atoms with Crippen molar-refractivity contribution in [2.75, 3.05) is 26.7 Å². The normalized spacial score (nSPS) is 24.9. The van der Waals surface area contributed by atoms with E-state index in [1.54, 1.807) is 18.1 Å². The number of hydrogen-bond acceptors (Lipinski definition) is 4. The molecule has 5 nitrogen and oxygen atoms in total. The van der Waals surface area contributed by atoms with E-state index in [9.17, 15) is 9.59 Å². The van der Waals surface area contributed by atoms with Crippen molar-refractivity contribution in [2.45, 2.75) is 31.6 Å². The second-order valence-electron chi connectivity index (χ2n) is 6.53. The van der Waals surface area contributed by atoms with Crippen LogP contribution in [0, 0.1) is 5.92 Å². The van der Waals surface area contributed by atoms with Gasteiger partial charge in [-0.3, -0.25) is 9.59 Å². The molecule has 0 radical (unpaired) electrons. The van der Waals surface area contributed by atoms with Crippen molar-refractivity contribution in [3.8, 4) is 0 Å². The molecule has 0 spiro atoms. The molecule has 0 N–H and O–H groups in total. The van der Waals surface area contributed by atoms with Gasteiger partial charge in [-0.1, -0.05) is 18.5 Å². The molecule has 3 rings (SSSR count). The minimum absolute atomic E-state index is 0.00310. The fourth-order valence-corrected chi connectivity index (χ4v) is 4.37. The molecule has 1 aromatic heterocycles. The van der Waals surface area contributed by atoms with Crippen LogP contribution in [0.1, 0.15) is 31.2 Å². The number of aromatic nitrogens is 1. The van der Waals surface area contributed by atoms with E-state index < -0.39 is 0 Å². The van der Waals surface area contributed by atoms with Crippen LogP contribution in [-0.4, -0.2) is 53.3 Å². The average Bonchev–Trinajstić information content (AvgIpc) is 3.06. The Kier molecular flexibility index (Phi) is 4.16. The van der Waals surface area contributed by atoms with E-state index in [0.717, 1.165) is 30.9 Å². The molecule has 120 valence electrons. The van der Waals surface area contributed by atoms with Gasteiger partial charge in [-0.2, -0.15) is 0 Å². The number of likely N-dealkylation sites (tertiary alicyclic amines) is 2. The summed E-state index contributed by atoms with van der Waals surface area (Å²) in [7, 11) is 1.76. The smallest absolute Gasteiger partial charge is 0.227 e. The fraction of sp³-hybridized carbons (Fsp3) is 0.667. The average molecular weight is 342 g/mol. The molecule has 2 saturated heterocycles. The third kappa shape index (κ3) is 2.86. The van der Waals surface area contributed by atoms with Gasteiger partial charge in [0.15, 0.2) is 0 Å². The van der Waals surface area contributed by atoms with Gasteiger partial charge >= 0.3 is 0 Å². The number of carbonyl (C=O) groups excluding carboxylic acids is 2. The Balaban J connectivity index is 1.62. The Bertz CT molecular complexity index is 595. The van der Waals surface area contributed by atoms with E-state index in [1.807, 2.05) is 4.90 Å². The highest BCUT2D eigenvalue weighted by Crippen LogP contribution is 2.38. The van der Waals surface area contributed by atoms with Gasteiger partial charge < -0.3 is 9.80 Å². The van der Waals surface area contributed by atoms with Crippen molar-refractivity contribution in [3.63, 3.8) is 0 Å². The second kappa shape index (κ2) is 5.81. The van der Waals surface area contributed by atoms with Gasteiger partial charge in [0.2, 0.25) is 11.8 Å². The molecule has 0 unspecified atom stereocenters. The predicted molar refractivity (Wildman–Crippen MR) is 86.0 cm³/mol. The number of carbonyl (C=O) groups is 2. The van der Waals surface area contributed by atoms with Crippen molar-refractivity contribution in [2.24, 2.45) is 5.92 Å². The van der Waals surface area contributed by atoms with Crippen molar-refractivity contribution in [3.05, 3.63) is 15.5 Å². The van der Waals surface area contributed by atoms with Crippen LogP contribution in [0.3, 0.4) is 0 Å². The Morgan fingerprint density at radius 3 is 2.64 bits per heavy atom. The molecular weight excluding hydrogens is 322 g/mol. The van der Waals surface area contributed by atoms with E-state index >= 15 is 0 Å². The topological polar surface area (TPSA) is 53.5 Å². The number of halogens is 1. The second-order valence-corrected chi connectivity index (χ2v) is 8.19. The van der Waals surface area contributed by atoms with Crippen LogP contribution >= 0.6 is 22.9 Å². The molecule has 22 heavy (non-hydrogen) atoms. The van der Waals surface area contributed by atoms with Crippen molar-refractivity contribution >= 4 is 34.8 Å². The fourth-order valence-electron chi connectivity index (χ4n) is 3.26. The third-order valence-corrected chi connectivity index (χ3v) is 6.28. The maximum Gasteiger partial charge on any atom is 0.227 e. The van der Waals surface area contributed by atoms with Crippen LogP contribution in [-0.2, 0) is 15.0 Å². The molecule has 0 aliphatic carbocycles. The summed E-state index contributed by atoms with van der Waals surface area (Å²) in [6.45, 7) is 4.19. The van der Waals surface area contributed by atoms with Gasteiger partial charge in [-0.05, 0) is 12.8 Å². The zero-order valence-corrected chi connectivity index (χ0v) is 14.4. The van der Waals surface area contributed by atoms with Gasteiger partial charge in [0.25, 0.3) is 0 Å². The molecule has 2 aliphatic heterocycles. The molecule has 0 saturated carbocycles. The Morgan fingerprint density at radius 2 is 2.14 bits per heavy atom. The zero-order valence-electron chi connectivity index (χ0n) is 12.8. The van der Waals surface area contributed by atoms with E-state index in [0.29, 0.717) is 17.3 Å². The molecular formula is C15H20ClN3O2S. The first-order chi connectivity index (χ1) is 10.4. The number of nitrogens with zero attached hydrogens (tertiary/aromatic N) is 3. The molecule has 0 bridgehead atoms. The number of piperidine rings is 1. The summed E-state index contributed by atoms with van der Waals surface area (Å²) in [5.41, 5.74) is -0.00310. The van der Waals surface area contributed by atoms with Crippen LogP contribution in [0.25, 0.3) is 0 Å². The summed E-state index contributed by atoms with van der Waals surface area (Å²) >= 11 is 7.52. The van der Waals surface area contributed by atoms with Gasteiger partial charge in [0.1, 0.15) is 9.34 Å². The minimum Gasteiger partial charge on any atom is -0.345 e. The lowest BCUT2D eigenvalue weighted by Gasteiger charge is -2.39. The van der Waals surface area contributed by atoms with E-state index in [2.05, 4.69) is 11.9 Å². The molecule has 1 atom stereocenters. The van der Waals surface area contributed by atoms with Gasteiger partial charge in [0, 0.05) is 38.5 Å². The molecule has 2 aliphatic rings. The van der Waals surface area contributed by atoms with Crippen LogP contribution in [0.4, 0.5) is 0 Å². The predicted octanol–water partition coefficient (Wildman–Crippen LogP) is 2.15. The number of hydrogen-bond donors (Lipinski definition) is 0. The largest absolute Gasteiger partial charge is 0.345 e. The van der Waals surface area contributed by atoms with Crippen LogP contribution < -0.4 is 0 Å². The summed E-state index contributed by atoms with van der Waals surface area (Å²) in [4.78, 5) is 32.1. The first kappa shape index (κ1) is 15.7. The first-order valence-electron chi connectivity index (χ1n) is 7.53. The molecule has 2 amide bonds. The number of amides is 2. The highest BCUT2D eigenvalue weighted by Gasteiger charge is 2.39. The van der Waals surface area contributed by atoms with Crippen LogP contribution in [0.2, 0.25) is 4.34 Å². The van der Waals surface area contributed by atoms with Crippen LogP contribution in [0.5, 0.6) is 0 Å². The van der Waals surface area contributed by atoms with Gasteiger partial charge in [-0.15, -0.1) is 11.3 Å². The highest BCUT2D eigenvalue weighted by atomic mass is 35.5. The first-order valence-corrected chi connectivity index (χ1v) is 8.73. The molecule has 2 fully saturated rings. The highest BCUT2D eigenvalue weighted by molar-refractivity contribution is 7.15. The summed E-state index contributed by atoms with van der Waals surface area (Å²) in [6.07, 6.45) is 3.83. The Morgan fingerprint density at radius 1 is 1.45 bits per heavy atom. The maximum atomic E-state index is 12.6. The van der Waals surface area contributed by atoms with Gasteiger partial charge in [0.05, 0.1) is 12.1 Å². The third-order valence-electron chi connectivity index (χ3n) is 4.86. The monoisotopic (exact) mass is 341 g/mol. The summed E-state index contributed by atoms with van der Waals surface area (Å²) in [6, 6.07) is 0. The van der Waals surface area contributed by atoms with E-state index in [-0.39, 0.29) is 23.1 Å². The van der Waals surface area contributed by atoms with Crippen molar-refractivity contribution in [1.29, 1.82) is 0 Å². The molecule has 7 heteroatoms. The lowest BCUT2D eigenvalue weighted by molar-refractivity contribution is -0.137. The minimum atomic E-state index is -0.170. The molecule has 3 heterocycles. The summed E-state index contributed by atoms with van der Waals surface area (Å²) in [5, 5.41) is 1.06.